The number of aromatic nitrogens is 3. The van der Waals surface area contributed by atoms with Crippen molar-refractivity contribution >= 4 is 54.2 Å². The van der Waals surface area contributed by atoms with E-state index in [2.05, 4.69) is 105 Å². The monoisotopic (exact) mass is 1280 g/mol. The average Bonchev–Trinajstić information content (AvgIpc) is 1.91. The van der Waals surface area contributed by atoms with E-state index < -0.39 is 19.5 Å². The number of rotatable bonds is 28. The summed E-state index contributed by atoms with van der Waals surface area (Å²) in [5, 5.41) is 4.49. The van der Waals surface area contributed by atoms with Crippen LogP contribution in [0.5, 0.6) is 11.8 Å². The first-order valence-corrected chi connectivity index (χ1v) is 33.2. The Hall–Kier alpha value is -5.47. The Morgan fingerprint density at radius 3 is 1.63 bits per heavy atom. The Morgan fingerprint density at radius 2 is 1.24 bits per heavy atom. The van der Waals surface area contributed by atoms with Gasteiger partial charge in [0.1, 0.15) is 11.7 Å². The summed E-state index contributed by atoms with van der Waals surface area (Å²) in [6, 6.07) is 12.9. The molecule has 0 radical (unpaired) electrons. The number of esters is 1. The zero-order valence-corrected chi connectivity index (χ0v) is 56.2. The molecule has 0 bridgehead atoms. The third-order valence-electron chi connectivity index (χ3n) is 15.6. The van der Waals surface area contributed by atoms with Crippen molar-refractivity contribution in [2.45, 2.75) is 186 Å². The number of fused-ring (bicyclic) bond motifs is 1. The molecule has 1 fully saturated rings. The van der Waals surface area contributed by atoms with E-state index in [0.717, 1.165) is 114 Å². The second-order valence-electron chi connectivity index (χ2n) is 25.4. The Bertz CT molecular complexity index is 2830. The molecule has 87 heavy (non-hydrogen) atoms. The molecule has 2 unspecified atom stereocenters. The van der Waals surface area contributed by atoms with E-state index in [0.29, 0.717) is 40.2 Å². The van der Waals surface area contributed by atoms with Crippen molar-refractivity contribution in [2.75, 3.05) is 65.4 Å². The van der Waals surface area contributed by atoms with Gasteiger partial charge >= 0.3 is 44.6 Å². The molecule has 5 rings (SSSR count). The van der Waals surface area contributed by atoms with Crippen LogP contribution in [0.3, 0.4) is 0 Å². The van der Waals surface area contributed by atoms with E-state index in [-0.39, 0.29) is 77.0 Å². The fraction of sp³-hybridized carbons (Fsp3) is 0.667. The van der Waals surface area contributed by atoms with Gasteiger partial charge in [0.2, 0.25) is 11.8 Å². The minimum atomic E-state index is -10.7. The number of amides is 2. The normalized spacial score (nSPS) is 17.1. The second-order valence-corrected chi connectivity index (χ2v) is 27.7. The molecular formula is C63H101ClF6N9O7P. The number of nitrogens with one attached hydrogen (secondary N) is 1. The van der Waals surface area contributed by atoms with E-state index in [1.165, 1.54) is 11.5 Å². The molecule has 0 spiro atoms. The van der Waals surface area contributed by atoms with Gasteiger partial charge in [0.05, 0.1) is 32.0 Å². The fourth-order valence-corrected chi connectivity index (χ4v) is 11.0. The first-order chi connectivity index (χ1) is 40.3. The van der Waals surface area contributed by atoms with Crippen molar-refractivity contribution in [1.82, 2.24) is 29.1 Å². The number of anilines is 1. The second kappa shape index (κ2) is 32.3. The van der Waals surface area contributed by atoms with Crippen LogP contribution in [-0.2, 0) is 20.9 Å². The van der Waals surface area contributed by atoms with Gasteiger partial charge in [0.15, 0.2) is 17.1 Å². The Balaban J connectivity index is 0.000000410. The van der Waals surface area contributed by atoms with Gasteiger partial charge in [-0.15, -0.1) is 0 Å². The van der Waals surface area contributed by atoms with Crippen LogP contribution in [-0.4, -0.2) is 120 Å². The number of hydrogen-bond acceptors (Lipinski definition) is 11. The number of benzene rings is 2. The molecule has 4 aromatic rings. The number of carbonyl (C=O) groups excluding carboxylic acids is 3. The summed E-state index contributed by atoms with van der Waals surface area (Å²) in [4.78, 5) is 70.2. The SMILES string of the molecule is CCCCN(CCCC)C(=O)CN(CC(=O)N(CCCC)CCCC)c1ccc(N=[NH2+])c(OC(CC)CC)c1.COc1nc2c(C(=O)OC3C(C(C)(C)C)CC(C)CC3C(C)(C)C)c(-c3ccc(Cl)cc3)c(CN(C)C)n2c(=O)[nH]1.F[P-](F)(F)(F)(F)F. The third-order valence-corrected chi connectivity index (χ3v) is 15.8. The number of ether oxygens (including phenoxy) is 3. The molecule has 1 aliphatic carbocycles. The van der Waals surface area contributed by atoms with Gasteiger partial charge in [-0.25, -0.2) is 14.0 Å². The van der Waals surface area contributed by atoms with Gasteiger partial charge in [-0.2, -0.15) is 10.5 Å². The first kappa shape index (κ1) is 75.8. The van der Waals surface area contributed by atoms with Crippen LogP contribution in [0.4, 0.5) is 36.6 Å². The summed E-state index contributed by atoms with van der Waals surface area (Å²) >= 11 is 6.24. The topological polar surface area (TPSA) is 180 Å². The van der Waals surface area contributed by atoms with E-state index >= 15 is 0 Å². The number of methoxy groups -OCH3 is 1. The molecule has 2 atom stereocenters. The number of carbonyl (C=O) groups is 3. The van der Waals surface area contributed by atoms with Crippen LogP contribution in [0.25, 0.3) is 16.8 Å². The summed E-state index contributed by atoms with van der Waals surface area (Å²) in [5.41, 5.74) is 8.87. The van der Waals surface area contributed by atoms with Crippen LogP contribution < -0.4 is 25.6 Å². The van der Waals surface area contributed by atoms with Crippen LogP contribution in [0, 0.1) is 28.6 Å². The maximum absolute atomic E-state index is 14.6. The zero-order chi connectivity index (χ0) is 65.9. The first-order valence-electron chi connectivity index (χ1n) is 30.8. The molecule has 2 amide bonds. The van der Waals surface area contributed by atoms with Gasteiger partial charge < -0.3 is 33.8 Å². The van der Waals surface area contributed by atoms with Gasteiger partial charge in [0, 0.05) is 66.9 Å². The standard InChI is InChI=1S/C32H45ClN4O4.C31H55N5O3.F6P/c1-18-15-21(31(2,3)4)26(22(16-18)32(5,6)7)41-28(38)25-24(19-11-13-20(33)14-12-19)23(17-36(8)9)37-27(25)34-29(40-10)35-30(37)39;1-7-13-19-34(20-14-8-2)30(37)24-36(25-31(38)35(21-15-9-3)22-16-10-4)26-17-18-28(33-32)29(23-26)39-27(11-5)12-6;1-7(2,3,4,5)6/h11-14,18,21-22,26H,15-17H2,1-10H3,(H,34,35,39);17-18,23,27,32H,7-16,19-22,24-25H2,1-6H3;/q;;-1/p+1. The summed E-state index contributed by atoms with van der Waals surface area (Å²) in [5.74, 6) is 1.05. The average molecular weight is 1280 g/mol. The quantitative estimate of drug-likeness (QED) is 0.0240. The van der Waals surface area contributed by atoms with Crippen LogP contribution in [0.1, 0.15) is 183 Å². The van der Waals surface area contributed by atoms with Gasteiger partial charge in [0.25, 0.3) is 6.01 Å². The molecule has 2 aromatic carbocycles. The predicted octanol–water partition coefficient (Wildman–Crippen LogP) is 15.8. The molecule has 494 valence electrons. The Morgan fingerprint density at radius 1 is 0.782 bits per heavy atom. The summed E-state index contributed by atoms with van der Waals surface area (Å²) < 4.78 is 78.9. The molecule has 2 aromatic heterocycles. The van der Waals surface area contributed by atoms with Gasteiger partial charge in [-0.1, -0.05) is 139 Å². The van der Waals surface area contributed by atoms with E-state index in [9.17, 15) is 44.4 Å². The van der Waals surface area contributed by atoms with E-state index in [1.807, 2.05) is 64.0 Å². The molecule has 1 aliphatic rings. The summed E-state index contributed by atoms with van der Waals surface area (Å²) in [7, 11) is -5.39. The number of H-pyrrole nitrogens is 1. The Labute approximate surface area is 517 Å². The molecule has 3 N–H and O–H groups in total. The molecule has 1 saturated carbocycles. The fourth-order valence-electron chi connectivity index (χ4n) is 10.8. The molecule has 0 saturated heterocycles. The number of halogens is 7. The number of aromatic amines is 1. The van der Waals surface area contributed by atoms with Gasteiger partial charge in [-0.3, -0.25) is 14.6 Å². The van der Waals surface area contributed by atoms with Crippen molar-refractivity contribution in [3.05, 3.63) is 69.2 Å². The molecule has 0 aliphatic heterocycles. The van der Waals surface area contributed by atoms with Crippen LogP contribution in [0.2, 0.25) is 5.02 Å². The number of hydrogen-bond donors (Lipinski definition) is 2. The van der Waals surface area contributed by atoms with Crippen molar-refractivity contribution in [3.63, 3.8) is 0 Å². The third kappa shape index (κ3) is 24.8. The van der Waals surface area contributed by atoms with Gasteiger partial charge in [-0.05, 0) is 117 Å². The number of unbranched alkanes of at least 4 members (excludes halogenated alkanes) is 4. The molecule has 24 heteroatoms. The number of nitrogens with zero attached hydrogens (tertiary/aromatic N) is 7. The molecular weight excluding hydrogens is 1180 g/mol. The van der Waals surface area contributed by atoms with Crippen LogP contribution in [0.15, 0.2) is 52.4 Å². The predicted molar refractivity (Wildman–Crippen MR) is 338 cm³/mol. The van der Waals surface area contributed by atoms with Crippen LogP contribution >= 0.6 is 19.4 Å². The van der Waals surface area contributed by atoms with E-state index in [1.54, 1.807) is 12.1 Å². The minimum absolute atomic E-state index is 0.0275. The summed E-state index contributed by atoms with van der Waals surface area (Å²) in [6.07, 6.45) is 11.4. The van der Waals surface area contributed by atoms with E-state index in [4.69, 9.17) is 31.3 Å². The summed E-state index contributed by atoms with van der Waals surface area (Å²) in [6.45, 7) is 32.0. The van der Waals surface area contributed by atoms with Crippen molar-refractivity contribution in [3.8, 4) is 22.9 Å². The maximum atomic E-state index is 14.6. The van der Waals surface area contributed by atoms with Crippen molar-refractivity contribution in [1.29, 1.82) is 0 Å². The molecule has 2 heterocycles. The number of nitrogens with two attached hydrogens (primary N) is 1. The molecule has 16 nitrogen and oxygen atoms in total. The van der Waals surface area contributed by atoms with Crippen molar-refractivity contribution < 1.29 is 59.3 Å². The van der Waals surface area contributed by atoms with Crippen molar-refractivity contribution in [2.24, 2.45) is 33.7 Å². The zero-order valence-electron chi connectivity index (χ0n) is 54.5. The Kier molecular flexibility index (Phi) is 28.2.